The smallest absolute Gasteiger partial charge is 0.348 e. The summed E-state index contributed by atoms with van der Waals surface area (Å²) in [7, 11) is 1.76. The molecule has 2 aliphatic rings. The molecule has 0 spiro atoms. The highest BCUT2D eigenvalue weighted by Gasteiger charge is 2.54. The average molecular weight is 255 g/mol. The van der Waals surface area contributed by atoms with Crippen LogP contribution in [0.25, 0.3) is 0 Å². The minimum Gasteiger partial charge on any atom is -0.463 e. The summed E-state index contributed by atoms with van der Waals surface area (Å²) in [5, 5.41) is 0. The number of fused-ring (bicyclic) bond motifs is 1. The van der Waals surface area contributed by atoms with Gasteiger partial charge >= 0.3 is 5.97 Å². The normalized spacial score (nSPS) is 36.2. The quantitative estimate of drug-likeness (QED) is 0.548. The van der Waals surface area contributed by atoms with Crippen molar-refractivity contribution >= 4 is 11.9 Å². The van der Waals surface area contributed by atoms with Crippen LogP contribution in [-0.4, -0.2) is 48.2 Å². The van der Waals surface area contributed by atoms with Crippen LogP contribution >= 0.6 is 0 Å². The van der Waals surface area contributed by atoms with Crippen molar-refractivity contribution in [2.24, 2.45) is 0 Å². The molecular formula is C13H21NO4. The number of rotatable bonds is 2. The van der Waals surface area contributed by atoms with Gasteiger partial charge in [-0.15, -0.1) is 0 Å². The highest BCUT2D eigenvalue weighted by Crippen LogP contribution is 2.35. The molecule has 5 heteroatoms. The van der Waals surface area contributed by atoms with E-state index in [1.165, 1.54) is 6.92 Å². The van der Waals surface area contributed by atoms with Crippen molar-refractivity contribution in [3.8, 4) is 0 Å². The summed E-state index contributed by atoms with van der Waals surface area (Å²) in [5.41, 5.74) is -1.47. The summed E-state index contributed by atoms with van der Waals surface area (Å²) < 4.78 is 10.8. The highest BCUT2D eigenvalue weighted by molar-refractivity contribution is 6.06. The lowest BCUT2D eigenvalue weighted by Gasteiger charge is -2.47. The Hall–Kier alpha value is -1.10. The lowest BCUT2D eigenvalue weighted by Crippen LogP contribution is -2.66. The molecule has 3 atom stereocenters. The number of ether oxygens (including phenoxy) is 2. The third-order valence-corrected chi connectivity index (χ3v) is 3.95. The molecule has 1 saturated carbocycles. The van der Waals surface area contributed by atoms with Crippen LogP contribution in [0.2, 0.25) is 0 Å². The first kappa shape index (κ1) is 13.3. The van der Waals surface area contributed by atoms with E-state index < -0.39 is 11.6 Å². The first-order valence-electron chi connectivity index (χ1n) is 6.63. The van der Waals surface area contributed by atoms with Crippen LogP contribution in [0.1, 0.15) is 39.5 Å². The van der Waals surface area contributed by atoms with Gasteiger partial charge in [-0.1, -0.05) is 12.8 Å². The topological polar surface area (TPSA) is 55.8 Å². The zero-order valence-corrected chi connectivity index (χ0v) is 11.3. The van der Waals surface area contributed by atoms with Crippen molar-refractivity contribution in [2.75, 3.05) is 13.7 Å². The first-order valence-corrected chi connectivity index (χ1v) is 6.63. The number of hydrogen-bond acceptors (Lipinski definition) is 4. The fraction of sp³-hybridized carbons (Fsp3) is 0.846. The Morgan fingerprint density at radius 3 is 2.83 bits per heavy atom. The zero-order valence-electron chi connectivity index (χ0n) is 11.3. The number of nitrogens with zero attached hydrogens (tertiary/aromatic N) is 1. The molecule has 1 amide bonds. The molecule has 1 unspecified atom stereocenters. The molecule has 1 aliphatic heterocycles. The predicted octanol–water partition coefficient (Wildman–Crippen LogP) is 1.11. The molecular weight excluding hydrogens is 234 g/mol. The second kappa shape index (κ2) is 4.88. The Bertz CT molecular complexity index is 357. The van der Waals surface area contributed by atoms with Crippen LogP contribution in [0, 0.1) is 0 Å². The second-order valence-corrected chi connectivity index (χ2v) is 5.18. The van der Waals surface area contributed by atoms with Gasteiger partial charge in [-0.25, -0.2) is 4.79 Å². The van der Waals surface area contributed by atoms with Gasteiger partial charge in [0.2, 0.25) is 5.60 Å². The number of hydrogen-bond donors (Lipinski definition) is 0. The van der Waals surface area contributed by atoms with E-state index in [0.29, 0.717) is 0 Å². The summed E-state index contributed by atoms with van der Waals surface area (Å²) >= 11 is 0. The Balaban J connectivity index is 2.22. The largest absolute Gasteiger partial charge is 0.463 e. The minimum absolute atomic E-state index is 0.0455. The molecule has 18 heavy (non-hydrogen) atoms. The lowest BCUT2D eigenvalue weighted by molar-refractivity contribution is -0.210. The first-order chi connectivity index (χ1) is 8.50. The Morgan fingerprint density at radius 1 is 1.50 bits per heavy atom. The maximum Gasteiger partial charge on any atom is 0.348 e. The molecule has 102 valence electrons. The molecule has 0 bridgehead atoms. The molecule has 0 aromatic heterocycles. The van der Waals surface area contributed by atoms with Crippen molar-refractivity contribution in [1.82, 2.24) is 4.90 Å². The van der Waals surface area contributed by atoms with Gasteiger partial charge in [0.1, 0.15) is 0 Å². The van der Waals surface area contributed by atoms with Crippen molar-refractivity contribution in [1.29, 1.82) is 0 Å². The third kappa shape index (κ3) is 2.00. The van der Waals surface area contributed by atoms with E-state index in [1.54, 1.807) is 18.9 Å². The van der Waals surface area contributed by atoms with Gasteiger partial charge in [0.05, 0.1) is 18.8 Å². The van der Waals surface area contributed by atoms with Crippen molar-refractivity contribution in [3.05, 3.63) is 0 Å². The monoisotopic (exact) mass is 255 g/mol. The fourth-order valence-corrected chi connectivity index (χ4v) is 2.90. The molecule has 0 radical (unpaired) electrons. The molecule has 1 saturated heterocycles. The minimum atomic E-state index is -1.47. The molecule has 2 fully saturated rings. The van der Waals surface area contributed by atoms with Crippen molar-refractivity contribution in [2.45, 2.75) is 57.3 Å². The van der Waals surface area contributed by atoms with Crippen LogP contribution in [0.3, 0.4) is 0 Å². The van der Waals surface area contributed by atoms with Gasteiger partial charge in [0, 0.05) is 7.05 Å². The molecule has 5 nitrogen and oxygen atoms in total. The Morgan fingerprint density at radius 2 is 2.17 bits per heavy atom. The zero-order chi connectivity index (χ0) is 13.3. The van der Waals surface area contributed by atoms with E-state index in [0.717, 1.165) is 25.7 Å². The van der Waals surface area contributed by atoms with Crippen molar-refractivity contribution < 1.29 is 19.1 Å². The van der Waals surface area contributed by atoms with Gasteiger partial charge in [0.15, 0.2) is 0 Å². The third-order valence-electron chi connectivity index (χ3n) is 3.95. The van der Waals surface area contributed by atoms with Crippen LogP contribution in [0.5, 0.6) is 0 Å². The van der Waals surface area contributed by atoms with Gasteiger partial charge in [0.25, 0.3) is 5.91 Å². The standard InChI is InChI=1S/C13H21NO4/c1-4-17-12(16)13(2)11(15)14(3)9-7-5-6-8-10(9)18-13/h9-10H,4-8H2,1-3H3/t9-,10-,13?/m1/s1. The van der Waals surface area contributed by atoms with Gasteiger partial charge in [-0.3, -0.25) is 4.79 Å². The number of carbonyl (C=O) groups excluding carboxylic acids is 2. The highest BCUT2D eigenvalue weighted by atomic mass is 16.6. The maximum absolute atomic E-state index is 12.3. The van der Waals surface area contributed by atoms with Crippen LogP contribution < -0.4 is 0 Å². The maximum atomic E-state index is 12.3. The summed E-state index contributed by atoms with van der Waals surface area (Å²) in [4.78, 5) is 25.9. The Labute approximate surface area is 107 Å². The number of amides is 1. The number of likely N-dealkylation sites (N-methyl/N-ethyl adjacent to an activating group) is 1. The van der Waals surface area contributed by atoms with E-state index >= 15 is 0 Å². The fourth-order valence-electron chi connectivity index (χ4n) is 2.90. The van der Waals surface area contributed by atoms with Gasteiger partial charge in [-0.2, -0.15) is 0 Å². The van der Waals surface area contributed by atoms with Crippen LogP contribution in [-0.2, 0) is 19.1 Å². The van der Waals surface area contributed by atoms with Crippen LogP contribution in [0.15, 0.2) is 0 Å². The molecule has 0 aromatic carbocycles. The number of carbonyl (C=O) groups is 2. The summed E-state index contributed by atoms with van der Waals surface area (Å²) in [6.45, 7) is 3.50. The predicted molar refractivity (Wildman–Crippen MR) is 64.9 cm³/mol. The second-order valence-electron chi connectivity index (χ2n) is 5.18. The van der Waals surface area contributed by atoms with E-state index in [1.807, 2.05) is 0 Å². The molecule has 0 N–H and O–H groups in total. The van der Waals surface area contributed by atoms with Crippen LogP contribution in [0.4, 0.5) is 0 Å². The summed E-state index contributed by atoms with van der Waals surface area (Å²) in [6, 6.07) is 0.105. The van der Waals surface area contributed by atoms with Gasteiger partial charge < -0.3 is 14.4 Å². The SMILES string of the molecule is CCOC(=O)C1(C)O[C@@H]2CCCC[C@H]2N(C)C1=O. The van der Waals surface area contributed by atoms with E-state index in [9.17, 15) is 9.59 Å². The van der Waals surface area contributed by atoms with E-state index in [-0.39, 0.29) is 24.7 Å². The Kier molecular flexibility index (Phi) is 3.61. The number of morpholine rings is 1. The van der Waals surface area contributed by atoms with Gasteiger partial charge in [-0.05, 0) is 26.7 Å². The number of esters is 1. The summed E-state index contributed by atoms with van der Waals surface area (Å²) in [5.74, 6) is -0.866. The molecule has 1 heterocycles. The molecule has 2 rings (SSSR count). The van der Waals surface area contributed by atoms with E-state index in [2.05, 4.69) is 0 Å². The molecule has 0 aromatic rings. The van der Waals surface area contributed by atoms with E-state index in [4.69, 9.17) is 9.47 Å². The average Bonchev–Trinajstić information content (AvgIpc) is 2.36. The van der Waals surface area contributed by atoms with Crippen molar-refractivity contribution in [3.63, 3.8) is 0 Å². The lowest BCUT2D eigenvalue weighted by atomic mass is 9.87. The summed E-state index contributed by atoms with van der Waals surface area (Å²) in [6.07, 6.45) is 4.00. The molecule has 1 aliphatic carbocycles.